The minimum Gasteiger partial charge on any atom is -0.494 e. The van der Waals surface area contributed by atoms with Crippen molar-refractivity contribution in [1.29, 1.82) is 0 Å². The van der Waals surface area contributed by atoms with Gasteiger partial charge in [-0.1, -0.05) is 18.2 Å². The lowest BCUT2D eigenvalue weighted by Gasteiger charge is -2.14. The van der Waals surface area contributed by atoms with Crippen LogP contribution in [0.3, 0.4) is 0 Å². The summed E-state index contributed by atoms with van der Waals surface area (Å²) in [6.07, 6.45) is -0.797. The van der Waals surface area contributed by atoms with Crippen molar-refractivity contribution >= 4 is 22.6 Å². The molecule has 5 heteroatoms. The zero-order chi connectivity index (χ0) is 14.7. The summed E-state index contributed by atoms with van der Waals surface area (Å²) in [6, 6.07) is 8.91. The molecule has 0 radical (unpaired) electrons. The van der Waals surface area contributed by atoms with Gasteiger partial charge in [0.2, 0.25) is 0 Å². The predicted octanol–water partition coefficient (Wildman–Crippen LogP) is 3.85. The van der Waals surface area contributed by atoms with Gasteiger partial charge in [0.05, 0.1) is 13.2 Å². The molecular weight excluding hydrogens is 377 g/mol. The number of hydrogen-bond acceptors (Lipinski definition) is 2. The topological polar surface area (TPSA) is 29.5 Å². The molecule has 0 bridgehead atoms. The second-order valence-electron chi connectivity index (χ2n) is 4.32. The first kappa shape index (κ1) is 15.2. The van der Waals surface area contributed by atoms with Crippen LogP contribution in [0.4, 0.5) is 8.78 Å². The van der Waals surface area contributed by atoms with Gasteiger partial charge in [-0.3, -0.25) is 0 Å². The molecule has 1 atom stereocenters. The van der Waals surface area contributed by atoms with Crippen LogP contribution in [-0.4, -0.2) is 12.2 Å². The summed E-state index contributed by atoms with van der Waals surface area (Å²) in [5.74, 6) is -0.701. The Morgan fingerprint density at radius 1 is 1.25 bits per heavy atom. The van der Waals surface area contributed by atoms with Crippen LogP contribution >= 0.6 is 22.6 Å². The van der Waals surface area contributed by atoms with Crippen LogP contribution in [0.2, 0.25) is 0 Å². The summed E-state index contributed by atoms with van der Waals surface area (Å²) in [6.45, 7) is 0. The molecule has 2 aromatic rings. The van der Waals surface area contributed by atoms with E-state index < -0.39 is 11.9 Å². The van der Waals surface area contributed by atoms with Crippen LogP contribution in [0.1, 0.15) is 17.2 Å². The Hall–Kier alpha value is -1.21. The normalized spacial score (nSPS) is 12.2. The first-order valence-corrected chi connectivity index (χ1v) is 7.05. The van der Waals surface area contributed by atoms with Gasteiger partial charge in [-0.25, -0.2) is 8.78 Å². The van der Waals surface area contributed by atoms with Crippen molar-refractivity contribution in [3.63, 3.8) is 0 Å². The maximum Gasteiger partial charge on any atom is 0.168 e. The second-order valence-corrected chi connectivity index (χ2v) is 5.48. The highest BCUT2D eigenvalue weighted by Gasteiger charge is 2.16. The van der Waals surface area contributed by atoms with E-state index in [0.29, 0.717) is 14.7 Å². The average Bonchev–Trinajstić information content (AvgIpc) is 2.41. The van der Waals surface area contributed by atoms with Crippen molar-refractivity contribution in [1.82, 2.24) is 0 Å². The number of aliphatic hydroxyl groups is 1. The maximum atomic E-state index is 14.0. The molecule has 0 amide bonds. The van der Waals surface area contributed by atoms with Crippen molar-refractivity contribution in [3.8, 4) is 5.75 Å². The number of halogens is 3. The molecule has 0 fully saturated rings. The second kappa shape index (κ2) is 6.49. The molecule has 2 nitrogen and oxygen atoms in total. The van der Waals surface area contributed by atoms with E-state index in [1.165, 1.54) is 31.4 Å². The molecule has 106 valence electrons. The van der Waals surface area contributed by atoms with Gasteiger partial charge in [-0.05, 0) is 51.9 Å². The standard InChI is InChI=1S/C15H13F2IO2/c1-20-14-4-2-3-9(15(14)17)7-13(19)11-6-5-10(16)8-12(11)18/h2-6,8,13,19H,7H2,1H3. The van der Waals surface area contributed by atoms with Crippen molar-refractivity contribution in [2.75, 3.05) is 7.11 Å². The van der Waals surface area contributed by atoms with Crippen LogP contribution in [0.5, 0.6) is 5.75 Å². The fourth-order valence-corrected chi connectivity index (χ4v) is 2.80. The van der Waals surface area contributed by atoms with Crippen molar-refractivity contribution in [2.45, 2.75) is 12.5 Å². The smallest absolute Gasteiger partial charge is 0.168 e. The molecule has 0 aliphatic heterocycles. The largest absolute Gasteiger partial charge is 0.494 e. The molecule has 0 aliphatic rings. The Kier molecular flexibility index (Phi) is 4.93. The Bertz CT molecular complexity index is 617. The van der Waals surface area contributed by atoms with Crippen LogP contribution < -0.4 is 4.74 Å². The van der Waals surface area contributed by atoms with Crippen LogP contribution in [-0.2, 0) is 6.42 Å². The molecule has 2 aromatic carbocycles. The third kappa shape index (κ3) is 3.27. The van der Waals surface area contributed by atoms with E-state index in [1.807, 2.05) is 22.6 Å². The third-order valence-corrected chi connectivity index (χ3v) is 3.93. The number of rotatable bonds is 4. The first-order chi connectivity index (χ1) is 9.52. The van der Waals surface area contributed by atoms with E-state index in [-0.39, 0.29) is 18.0 Å². The minimum atomic E-state index is -0.899. The van der Waals surface area contributed by atoms with E-state index in [4.69, 9.17) is 4.74 Å². The molecule has 0 aliphatic carbocycles. The van der Waals surface area contributed by atoms with E-state index in [0.717, 1.165) is 0 Å². The molecule has 0 spiro atoms. The van der Waals surface area contributed by atoms with Gasteiger partial charge in [-0.15, -0.1) is 0 Å². The Morgan fingerprint density at radius 2 is 2.00 bits per heavy atom. The van der Waals surface area contributed by atoms with E-state index >= 15 is 0 Å². The number of aliphatic hydroxyl groups excluding tert-OH is 1. The highest BCUT2D eigenvalue weighted by molar-refractivity contribution is 14.1. The lowest BCUT2D eigenvalue weighted by atomic mass is 10.0. The Labute approximate surface area is 129 Å². The van der Waals surface area contributed by atoms with Crippen molar-refractivity contribution < 1.29 is 18.6 Å². The summed E-state index contributed by atoms with van der Waals surface area (Å²) in [7, 11) is 1.39. The quantitative estimate of drug-likeness (QED) is 0.804. The maximum absolute atomic E-state index is 14.0. The fourth-order valence-electron chi connectivity index (χ4n) is 1.96. The van der Waals surface area contributed by atoms with Gasteiger partial charge < -0.3 is 9.84 Å². The number of ether oxygens (including phenoxy) is 1. The lowest BCUT2D eigenvalue weighted by molar-refractivity contribution is 0.176. The Balaban J connectivity index is 2.25. The van der Waals surface area contributed by atoms with Crippen molar-refractivity contribution in [2.24, 2.45) is 0 Å². The van der Waals surface area contributed by atoms with Gasteiger partial charge in [0, 0.05) is 9.99 Å². The summed E-state index contributed by atoms with van der Waals surface area (Å²) in [4.78, 5) is 0. The molecule has 0 heterocycles. The van der Waals surface area contributed by atoms with Crippen LogP contribution in [0.25, 0.3) is 0 Å². The minimum absolute atomic E-state index is 0.102. The number of methoxy groups -OCH3 is 1. The number of hydrogen-bond donors (Lipinski definition) is 1. The number of benzene rings is 2. The summed E-state index contributed by atoms with van der Waals surface area (Å²) in [5, 5.41) is 10.2. The Morgan fingerprint density at radius 3 is 2.65 bits per heavy atom. The van der Waals surface area contributed by atoms with Gasteiger partial charge >= 0.3 is 0 Å². The highest BCUT2D eigenvalue weighted by atomic mass is 127. The van der Waals surface area contributed by atoms with E-state index in [1.54, 1.807) is 12.1 Å². The monoisotopic (exact) mass is 390 g/mol. The zero-order valence-electron chi connectivity index (χ0n) is 10.7. The van der Waals surface area contributed by atoms with Gasteiger partial charge in [0.1, 0.15) is 5.82 Å². The average molecular weight is 390 g/mol. The van der Waals surface area contributed by atoms with E-state index in [9.17, 15) is 13.9 Å². The molecular formula is C15H13F2IO2. The molecule has 0 saturated carbocycles. The van der Waals surface area contributed by atoms with Gasteiger partial charge in [0.25, 0.3) is 0 Å². The zero-order valence-corrected chi connectivity index (χ0v) is 12.9. The molecule has 0 saturated heterocycles. The third-order valence-electron chi connectivity index (χ3n) is 3.00. The van der Waals surface area contributed by atoms with Gasteiger partial charge in [0.15, 0.2) is 11.6 Å². The molecule has 20 heavy (non-hydrogen) atoms. The lowest BCUT2D eigenvalue weighted by Crippen LogP contribution is -2.06. The summed E-state index contributed by atoms with van der Waals surface area (Å²) < 4.78 is 32.6. The summed E-state index contributed by atoms with van der Waals surface area (Å²) >= 11 is 1.95. The SMILES string of the molecule is COc1cccc(CC(O)c2ccc(F)cc2I)c1F. The fraction of sp³-hybridized carbons (Fsp3) is 0.200. The van der Waals surface area contributed by atoms with Crippen LogP contribution in [0.15, 0.2) is 36.4 Å². The van der Waals surface area contributed by atoms with Crippen LogP contribution in [0, 0.1) is 15.2 Å². The molecule has 1 N–H and O–H groups in total. The van der Waals surface area contributed by atoms with Crippen molar-refractivity contribution in [3.05, 3.63) is 62.7 Å². The molecule has 2 rings (SSSR count). The first-order valence-electron chi connectivity index (χ1n) is 5.97. The predicted molar refractivity (Wildman–Crippen MR) is 80.7 cm³/mol. The molecule has 1 unspecified atom stereocenters. The van der Waals surface area contributed by atoms with E-state index in [2.05, 4.69) is 0 Å². The summed E-state index contributed by atoms with van der Waals surface area (Å²) in [5.41, 5.74) is 0.936. The van der Waals surface area contributed by atoms with Gasteiger partial charge in [-0.2, -0.15) is 0 Å². The highest BCUT2D eigenvalue weighted by Crippen LogP contribution is 2.27. The molecule has 0 aromatic heterocycles.